The number of benzene rings is 1. The molecule has 3 nitrogen and oxygen atoms in total. The van der Waals surface area contributed by atoms with Crippen LogP contribution in [0.4, 0.5) is 0 Å². The van der Waals surface area contributed by atoms with Crippen molar-refractivity contribution >= 4 is 0 Å². The van der Waals surface area contributed by atoms with Gasteiger partial charge >= 0.3 is 0 Å². The summed E-state index contributed by atoms with van der Waals surface area (Å²) in [6.07, 6.45) is 0.895. The molecule has 2 atom stereocenters. The molecule has 17 heavy (non-hydrogen) atoms. The molecular formula is C14H17NO2. The Hall–Kier alpha value is -1.69. The third-order valence-electron chi connectivity index (χ3n) is 3.71. The molecule has 0 radical (unpaired) electrons. The Bertz CT molecular complexity index is 490. The summed E-state index contributed by atoms with van der Waals surface area (Å²) in [5.74, 6) is 1.98. The first kappa shape index (κ1) is 11.8. The molecule has 1 aliphatic rings. The topological polar surface area (TPSA) is 42.2 Å². The number of nitrogens with zero attached hydrogens (tertiary/aromatic N) is 1. The summed E-state index contributed by atoms with van der Waals surface area (Å²) in [5, 5.41) is 9.39. The quantitative estimate of drug-likeness (QED) is 0.803. The van der Waals surface area contributed by atoms with E-state index < -0.39 is 0 Å². The molecule has 1 fully saturated rings. The first-order chi connectivity index (χ1) is 8.08. The van der Waals surface area contributed by atoms with E-state index in [1.165, 1.54) is 0 Å². The van der Waals surface area contributed by atoms with Crippen LogP contribution in [-0.2, 0) is 5.41 Å². The van der Waals surface area contributed by atoms with E-state index >= 15 is 0 Å². The van der Waals surface area contributed by atoms with E-state index in [0.29, 0.717) is 5.92 Å². The van der Waals surface area contributed by atoms with Crippen molar-refractivity contribution in [3.8, 4) is 17.6 Å². The lowest BCUT2D eigenvalue weighted by Crippen LogP contribution is -2.09. The van der Waals surface area contributed by atoms with Crippen molar-refractivity contribution in [3.05, 3.63) is 23.3 Å². The lowest BCUT2D eigenvalue weighted by molar-refractivity contribution is 0.393. The molecule has 1 aromatic rings. The molecule has 0 saturated heterocycles. The molecule has 0 bridgehead atoms. The van der Waals surface area contributed by atoms with Crippen molar-refractivity contribution in [1.29, 1.82) is 5.26 Å². The van der Waals surface area contributed by atoms with Crippen LogP contribution in [0.5, 0.6) is 11.5 Å². The minimum absolute atomic E-state index is 0.383. The normalized spacial score (nSPS) is 26.2. The molecular weight excluding hydrogens is 214 g/mol. The predicted octanol–water partition coefficient (Wildman–Crippen LogP) is 2.81. The first-order valence-electron chi connectivity index (χ1n) is 5.73. The van der Waals surface area contributed by atoms with Crippen molar-refractivity contribution in [3.63, 3.8) is 0 Å². The molecule has 1 aliphatic carbocycles. The molecule has 0 N–H and O–H groups in total. The van der Waals surface area contributed by atoms with Crippen LogP contribution >= 0.6 is 0 Å². The first-order valence-corrected chi connectivity index (χ1v) is 5.73. The molecule has 0 spiro atoms. The SMILES string of the molecule is COc1cc(C2(C#N)CC2C)c(OC)cc1C. The molecule has 0 amide bonds. The van der Waals surface area contributed by atoms with Gasteiger partial charge < -0.3 is 9.47 Å². The largest absolute Gasteiger partial charge is 0.496 e. The molecule has 2 rings (SSSR count). The van der Waals surface area contributed by atoms with E-state index in [1.807, 2.05) is 19.1 Å². The molecule has 0 heterocycles. The maximum Gasteiger partial charge on any atom is 0.124 e. The highest BCUT2D eigenvalue weighted by Crippen LogP contribution is 2.56. The van der Waals surface area contributed by atoms with Crippen LogP contribution in [-0.4, -0.2) is 14.2 Å². The Morgan fingerprint density at radius 1 is 1.29 bits per heavy atom. The fraction of sp³-hybridized carbons (Fsp3) is 0.500. The Morgan fingerprint density at radius 2 is 1.88 bits per heavy atom. The Morgan fingerprint density at radius 3 is 2.29 bits per heavy atom. The molecule has 3 heteroatoms. The minimum atomic E-state index is -0.383. The molecule has 0 aliphatic heterocycles. The van der Waals surface area contributed by atoms with Crippen LogP contribution < -0.4 is 9.47 Å². The highest BCUT2D eigenvalue weighted by Gasteiger charge is 2.55. The van der Waals surface area contributed by atoms with E-state index in [1.54, 1.807) is 14.2 Å². The number of hydrogen-bond donors (Lipinski definition) is 0. The standard InChI is InChI=1S/C14H17NO2/c1-9-5-13(17-4)11(6-12(9)16-3)14(8-15)7-10(14)2/h5-6,10H,7H2,1-4H3. The van der Waals surface area contributed by atoms with Crippen LogP contribution in [0.3, 0.4) is 0 Å². The van der Waals surface area contributed by atoms with Crippen molar-refractivity contribution in [2.24, 2.45) is 5.92 Å². The second-order valence-electron chi connectivity index (χ2n) is 4.71. The second kappa shape index (κ2) is 3.96. The molecule has 90 valence electrons. The predicted molar refractivity (Wildman–Crippen MR) is 65.4 cm³/mol. The van der Waals surface area contributed by atoms with Gasteiger partial charge in [0.05, 0.1) is 25.7 Å². The van der Waals surface area contributed by atoms with Crippen molar-refractivity contribution < 1.29 is 9.47 Å². The third-order valence-corrected chi connectivity index (χ3v) is 3.71. The number of nitriles is 1. The Balaban J connectivity index is 2.57. The van der Waals surface area contributed by atoms with E-state index in [2.05, 4.69) is 13.0 Å². The highest BCUT2D eigenvalue weighted by atomic mass is 16.5. The fourth-order valence-electron chi connectivity index (χ4n) is 2.41. The monoisotopic (exact) mass is 231 g/mol. The van der Waals surface area contributed by atoms with Crippen LogP contribution in [0.25, 0.3) is 0 Å². The smallest absolute Gasteiger partial charge is 0.124 e. The van der Waals surface area contributed by atoms with Crippen LogP contribution in [0.1, 0.15) is 24.5 Å². The van der Waals surface area contributed by atoms with Gasteiger partial charge in [0.1, 0.15) is 11.5 Å². The number of methoxy groups -OCH3 is 2. The van der Waals surface area contributed by atoms with Crippen LogP contribution in [0.2, 0.25) is 0 Å². The maximum atomic E-state index is 9.39. The van der Waals surface area contributed by atoms with Crippen molar-refractivity contribution in [2.45, 2.75) is 25.7 Å². The lowest BCUT2D eigenvalue weighted by Gasteiger charge is -2.16. The molecule has 2 unspecified atom stereocenters. The molecule has 1 saturated carbocycles. The Labute approximate surface area is 102 Å². The molecule has 0 aromatic heterocycles. The summed E-state index contributed by atoms with van der Waals surface area (Å²) in [6, 6.07) is 6.32. The van der Waals surface area contributed by atoms with E-state index in [-0.39, 0.29) is 5.41 Å². The van der Waals surface area contributed by atoms with Crippen molar-refractivity contribution in [2.75, 3.05) is 14.2 Å². The Kier molecular flexibility index (Phi) is 2.74. The van der Waals surface area contributed by atoms with Gasteiger partial charge in [0.15, 0.2) is 0 Å². The lowest BCUT2D eigenvalue weighted by atomic mass is 9.93. The summed E-state index contributed by atoms with van der Waals surface area (Å²) < 4.78 is 10.7. The van der Waals surface area contributed by atoms with Gasteiger partial charge in [0.2, 0.25) is 0 Å². The van der Waals surface area contributed by atoms with Gasteiger partial charge in [-0.15, -0.1) is 0 Å². The number of ether oxygens (including phenoxy) is 2. The number of aryl methyl sites for hydroxylation is 1. The maximum absolute atomic E-state index is 9.39. The average Bonchev–Trinajstić information content (AvgIpc) is 3.00. The zero-order valence-electron chi connectivity index (χ0n) is 10.7. The van der Waals surface area contributed by atoms with Gasteiger partial charge in [-0.1, -0.05) is 6.92 Å². The number of rotatable bonds is 3. The summed E-state index contributed by atoms with van der Waals surface area (Å²) in [6.45, 7) is 4.06. The summed E-state index contributed by atoms with van der Waals surface area (Å²) >= 11 is 0. The highest BCUT2D eigenvalue weighted by molar-refractivity contribution is 5.55. The zero-order chi connectivity index (χ0) is 12.6. The average molecular weight is 231 g/mol. The van der Waals surface area contributed by atoms with E-state index in [9.17, 15) is 5.26 Å². The van der Waals surface area contributed by atoms with Gasteiger partial charge in [-0.25, -0.2) is 0 Å². The third kappa shape index (κ3) is 1.64. The van der Waals surface area contributed by atoms with Gasteiger partial charge in [0.25, 0.3) is 0 Å². The van der Waals surface area contributed by atoms with Gasteiger partial charge in [-0.2, -0.15) is 5.26 Å². The minimum Gasteiger partial charge on any atom is -0.496 e. The zero-order valence-corrected chi connectivity index (χ0v) is 10.7. The van der Waals surface area contributed by atoms with E-state index in [0.717, 1.165) is 29.0 Å². The van der Waals surface area contributed by atoms with Gasteiger partial charge in [0, 0.05) is 5.56 Å². The summed E-state index contributed by atoms with van der Waals surface area (Å²) in [5.41, 5.74) is 1.60. The second-order valence-corrected chi connectivity index (χ2v) is 4.71. The number of hydrogen-bond acceptors (Lipinski definition) is 3. The van der Waals surface area contributed by atoms with Crippen LogP contribution in [0, 0.1) is 24.2 Å². The van der Waals surface area contributed by atoms with E-state index in [4.69, 9.17) is 9.47 Å². The van der Waals surface area contributed by atoms with Gasteiger partial charge in [-0.05, 0) is 37.0 Å². The summed E-state index contributed by atoms with van der Waals surface area (Å²) in [7, 11) is 3.29. The fourth-order valence-corrected chi connectivity index (χ4v) is 2.41. The van der Waals surface area contributed by atoms with Crippen LogP contribution in [0.15, 0.2) is 12.1 Å². The van der Waals surface area contributed by atoms with Crippen molar-refractivity contribution in [1.82, 2.24) is 0 Å². The van der Waals surface area contributed by atoms with Gasteiger partial charge in [-0.3, -0.25) is 0 Å². The molecule has 1 aromatic carbocycles. The summed E-state index contributed by atoms with van der Waals surface area (Å²) in [4.78, 5) is 0.